The number of H-pyrrole nitrogens is 1. The molecular formula is C23H28ClN3. The van der Waals surface area contributed by atoms with Crippen LogP contribution in [0.3, 0.4) is 0 Å². The van der Waals surface area contributed by atoms with Gasteiger partial charge in [-0.2, -0.15) is 0 Å². The number of hydrogen-bond donors (Lipinski definition) is 1. The van der Waals surface area contributed by atoms with Crippen molar-refractivity contribution in [2.45, 2.75) is 45.6 Å². The Hall–Kier alpha value is -2.26. The molecule has 0 aliphatic carbocycles. The Morgan fingerprint density at radius 1 is 0.926 bits per heavy atom. The number of aromatic amines is 1. The summed E-state index contributed by atoms with van der Waals surface area (Å²) >= 11 is 6.04. The van der Waals surface area contributed by atoms with E-state index in [1.54, 1.807) is 0 Å². The number of nitrogens with one attached hydrogen (secondary N) is 1. The average Bonchev–Trinajstić information content (AvgIpc) is 3.19. The van der Waals surface area contributed by atoms with Crippen LogP contribution >= 0.6 is 11.6 Å². The lowest BCUT2D eigenvalue weighted by atomic mass is 10.1. The lowest BCUT2D eigenvalue weighted by molar-refractivity contribution is 0.613. The van der Waals surface area contributed by atoms with Gasteiger partial charge in [-0.25, -0.2) is 4.98 Å². The zero-order valence-corrected chi connectivity index (χ0v) is 16.8. The quantitative estimate of drug-likeness (QED) is 0.396. The molecule has 3 rings (SSSR count). The first-order valence-corrected chi connectivity index (χ1v) is 10.2. The molecule has 0 atom stereocenters. The summed E-state index contributed by atoms with van der Waals surface area (Å²) in [5, 5.41) is 0.772. The topological polar surface area (TPSA) is 31.9 Å². The monoisotopic (exact) mass is 381 g/mol. The van der Waals surface area contributed by atoms with E-state index in [0.717, 1.165) is 35.3 Å². The van der Waals surface area contributed by atoms with Crippen molar-refractivity contribution in [2.24, 2.45) is 0 Å². The molecule has 0 saturated heterocycles. The van der Waals surface area contributed by atoms with E-state index in [2.05, 4.69) is 58.2 Å². The molecular weight excluding hydrogens is 354 g/mol. The van der Waals surface area contributed by atoms with Gasteiger partial charge in [-0.05, 0) is 29.7 Å². The molecule has 0 unspecified atom stereocenters. The predicted molar refractivity (Wildman–Crippen MR) is 115 cm³/mol. The molecule has 0 aliphatic rings. The maximum absolute atomic E-state index is 6.04. The third kappa shape index (κ3) is 5.86. The van der Waals surface area contributed by atoms with Crippen LogP contribution in [0, 0.1) is 0 Å². The number of aromatic nitrogens is 2. The highest BCUT2D eigenvalue weighted by atomic mass is 35.5. The molecule has 3 nitrogen and oxygen atoms in total. The number of halogens is 1. The van der Waals surface area contributed by atoms with Crippen LogP contribution in [0.25, 0.3) is 11.3 Å². The number of hydrogen-bond acceptors (Lipinski definition) is 2. The van der Waals surface area contributed by atoms with Gasteiger partial charge in [0.25, 0.3) is 0 Å². The first-order chi connectivity index (χ1) is 13.3. The highest BCUT2D eigenvalue weighted by Crippen LogP contribution is 2.22. The number of benzene rings is 2. The van der Waals surface area contributed by atoms with Crippen molar-refractivity contribution in [3.63, 3.8) is 0 Å². The number of rotatable bonds is 10. The van der Waals surface area contributed by atoms with Gasteiger partial charge in [0.15, 0.2) is 0 Å². The number of anilines is 1. The minimum Gasteiger partial charge on any atom is -0.338 e. The Kier molecular flexibility index (Phi) is 7.35. The zero-order valence-electron chi connectivity index (χ0n) is 16.0. The van der Waals surface area contributed by atoms with E-state index in [1.165, 1.54) is 37.7 Å². The van der Waals surface area contributed by atoms with Gasteiger partial charge < -0.3 is 9.88 Å². The third-order valence-corrected chi connectivity index (χ3v) is 5.02. The summed E-state index contributed by atoms with van der Waals surface area (Å²) in [6.07, 6.45) is 8.25. The van der Waals surface area contributed by atoms with Crippen molar-refractivity contribution >= 4 is 17.5 Å². The summed E-state index contributed by atoms with van der Waals surface area (Å²) in [5.74, 6) is 0.930. The zero-order chi connectivity index (χ0) is 18.9. The van der Waals surface area contributed by atoms with Crippen LogP contribution in [0.1, 0.15) is 44.6 Å². The van der Waals surface area contributed by atoms with Crippen molar-refractivity contribution in [1.29, 1.82) is 0 Å². The average molecular weight is 382 g/mol. The van der Waals surface area contributed by atoms with E-state index in [9.17, 15) is 0 Å². The van der Waals surface area contributed by atoms with Crippen LogP contribution in [0.4, 0.5) is 5.95 Å². The Morgan fingerprint density at radius 3 is 2.41 bits per heavy atom. The van der Waals surface area contributed by atoms with E-state index >= 15 is 0 Å². The van der Waals surface area contributed by atoms with E-state index in [4.69, 9.17) is 11.6 Å². The first-order valence-electron chi connectivity index (χ1n) is 9.86. The molecule has 0 amide bonds. The molecule has 142 valence electrons. The van der Waals surface area contributed by atoms with Crippen molar-refractivity contribution in [1.82, 2.24) is 9.97 Å². The molecule has 0 spiro atoms. The van der Waals surface area contributed by atoms with Gasteiger partial charge >= 0.3 is 0 Å². The van der Waals surface area contributed by atoms with Crippen LogP contribution in [0.2, 0.25) is 5.02 Å². The van der Waals surface area contributed by atoms with Crippen LogP contribution in [-0.2, 0) is 6.54 Å². The summed E-state index contributed by atoms with van der Waals surface area (Å²) < 4.78 is 0. The maximum Gasteiger partial charge on any atom is 0.203 e. The lowest BCUT2D eigenvalue weighted by Crippen LogP contribution is -2.25. The van der Waals surface area contributed by atoms with Crippen molar-refractivity contribution in [2.75, 3.05) is 11.4 Å². The van der Waals surface area contributed by atoms with Gasteiger partial charge in [-0.3, -0.25) is 0 Å². The number of unbranched alkanes of at least 4 members (excludes halogenated alkanes) is 4. The largest absolute Gasteiger partial charge is 0.338 e. The second-order valence-corrected chi connectivity index (χ2v) is 7.39. The van der Waals surface area contributed by atoms with Crippen LogP contribution in [0.5, 0.6) is 0 Å². The molecule has 1 N–H and O–H groups in total. The Balaban J connectivity index is 1.72. The summed E-state index contributed by atoms with van der Waals surface area (Å²) in [6, 6.07) is 18.4. The standard InChI is InChI=1S/C23H28ClN3/c1-2-3-4-5-9-16-27(18-19-12-14-21(24)15-13-19)23-25-17-22(26-23)20-10-7-6-8-11-20/h6-8,10-15,17H,2-5,9,16,18H2,1H3,(H,25,26). The molecule has 1 aromatic heterocycles. The van der Waals surface area contributed by atoms with E-state index in [1.807, 2.05) is 24.4 Å². The molecule has 0 fully saturated rings. The van der Waals surface area contributed by atoms with Crippen LogP contribution in [-0.4, -0.2) is 16.5 Å². The van der Waals surface area contributed by atoms with E-state index in [-0.39, 0.29) is 0 Å². The molecule has 27 heavy (non-hydrogen) atoms. The van der Waals surface area contributed by atoms with Gasteiger partial charge in [0.1, 0.15) is 0 Å². The van der Waals surface area contributed by atoms with Crippen molar-refractivity contribution in [3.8, 4) is 11.3 Å². The Morgan fingerprint density at radius 2 is 1.67 bits per heavy atom. The fraction of sp³-hybridized carbons (Fsp3) is 0.348. The Bertz CT molecular complexity index is 796. The SMILES string of the molecule is CCCCCCCN(Cc1ccc(Cl)cc1)c1ncc(-c2ccccc2)[nH]1. The highest BCUT2D eigenvalue weighted by Gasteiger charge is 2.12. The van der Waals surface area contributed by atoms with Gasteiger partial charge in [0, 0.05) is 18.1 Å². The minimum atomic E-state index is 0.772. The highest BCUT2D eigenvalue weighted by molar-refractivity contribution is 6.30. The molecule has 0 aliphatic heterocycles. The number of nitrogens with zero attached hydrogens (tertiary/aromatic N) is 2. The van der Waals surface area contributed by atoms with Crippen molar-refractivity contribution < 1.29 is 0 Å². The predicted octanol–water partition coefficient (Wildman–Crippen LogP) is 6.71. The molecule has 0 radical (unpaired) electrons. The van der Waals surface area contributed by atoms with Gasteiger partial charge in [-0.1, -0.05) is 86.7 Å². The van der Waals surface area contributed by atoms with Crippen LogP contribution < -0.4 is 4.90 Å². The van der Waals surface area contributed by atoms with E-state index in [0.29, 0.717) is 0 Å². The smallest absolute Gasteiger partial charge is 0.203 e. The second-order valence-electron chi connectivity index (χ2n) is 6.95. The first kappa shape index (κ1) is 19.5. The minimum absolute atomic E-state index is 0.772. The van der Waals surface area contributed by atoms with Gasteiger partial charge in [0.2, 0.25) is 5.95 Å². The molecule has 0 bridgehead atoms. The van der Waals surface area contributed by atoms with E-state index < -0.39 is 0 Å². The second kappa shape index (κ2) is 10.2. The Labute approximate surface area is 167 Å². The van der Waals surface area contributed by atoms with Gasteiger partial charge in [-0.15, -0.1) is 0 Å². The van der Waals surface area contributed by atoms with Crippen LogP contribution in [0.15, 0.2) is 60.8 Å². The lowest BCUT2D eigenvalue weighted by Gasteiger charge is -2.22. The summed E-state index contributed by atoms with van der Waals surface area (Å²) in [4.78, 5) is 10.5. The third-order valence-electron chi connectivity index (χ3n) is 4.77. The summed E-state index contributed by atoms with van der Waals surface area (Å²) in [6.45, 7) is 4.07. The molecule has 1 heterocycles. The molecule has 2 aromatic carbocycles. The number of imidazole rings is 1. The fourth-order valence-electron chi connectivity index (χ4n) is 3.21. The fourth-order valence-corrected chi connectivity index (χ4v) is 3.34. The van der Waals surface area contributed by atoms with Gasteiger partial charge in [0.05, 0.1) is 11.9 Å². The van der Waals surface area contributed by atoms with Crippen molar-refractivity contribution in [3.05, 3.63) is 71.4 Å². The molecule has 4 heteroatoms. The summed E-state index contributed by atoms with van der Waals surface area (Å²) in [5.41, 5.74) is 3.45. The maximum atomic E-state index is 6.04. The normalized spacial score (nSPS) is 10.9. The summed E-state index contributed by atoms with van der Waals surface area (Å²) in [7, 11) is 0. The molecule has 3 aromatic rings. The molecule has 0 saturated carbocycles.